The van der Waals surface area contributed by atoms with Gasteiger partial charge in [-0.3, -0.25) is 5.32 Å². The molecule has 6 heteroatoms. The van der Waals surface area contributed by atoms with Crippen LogP contribution < -0.4 is 15.0 Å². The van der Waals surface area contributed by atoms with E-state index >= 15 is 0 Å². The summed E-state index contributed by atoms with van der Waals surface area (Å²) in [6, 6.07) is 19.0. The number of anilines is 2. The Kier molecular flexibility index (Phi) is 3.93. The van der Waals surface area contributed by atoms with Gasteiger partial charge in [0, 0.05) is 14.1 Å². The zero-order valence-electron chi connectivity index (χ0n) is 14.4. The highest BCUT2D eigenvalue weighted by Gasteiger charge is 2.17. The van der Waals surface area contributed by atoms with Gasteiger partial charge in [-0.2, -0.15) is 0 Å². The lowest BCUT2D eigenvalue weighted by Crippen LogP contribution is -2.17. The molecule has 1 amide bonds. The lowest BCUT2D eigenvalue weighted by molar-refractivity contribution is 0.215. The van der Waals surface area contributed by atoms with Crippen LogP contribution in [0.25, 0.3) is 21.7 Å². The predicted octanol–water partition coefficient (Wildman–Crippen LogP) is 4.66. The van der Waals surface area contributed by atoms with E-state index in [0.717, 1.165) is 21.8 Å². The Hall–Kier alpha value is -3.54. The van der Waals surface area contributed by atoms with Crippen LogP contribution >= 0.6 is 0 Å². The van der Waals surface area contributed by atoms with E-state index in [0.29, 0.717) is 17.2 Å². The maximum atomic E-state index is 12.3. The molecule has 0 saturated carbocycles. The molecule has 0 fully saturated rings. The van der Waals surface area contributed by atoms with Crippen LogP contribution in [0.1, 0.15) is 0 Å². The minimum Gasteiger partial charge on any atom is -0.410 e. The SMILES string of the molecule is CN(C)c1cccc2onc(NC(=O)Oc3ccc4ccccc4c3)c12. The third-order valence-corrected chi connectivity index (χ3v) is 4.11. The minimum absolute atomic E-state index is 0.329. The van der Waals surface area contributed by atoms with Gasteiger partial charge in [0.15, 0.2) is 11.4 Å². The average molecular weight is 347 g/mol. The summed E-state index contributed by atoms with van der Waals surface area (Å²) < 4.78 is 10.7. The fourth-order valence-corrected chi connectivity index (χ4v) is 2.89. The van der Waals surface area contributed by atoms with Gasteiger partial charge in [0.2, 0.25) is 0 Å². The smallest absolute Gasteiger partial charge is 0.410 e. The largest absolute Gasteiger partial charge is 0.418 e. The van der Waals surface area contributed by atoms with Gasteiger partial charge in [-0.05, 0) is 35.0 Å². The fourth-order valence-electron chi connectivity index (χ4n) is 2.89. The Labute approximate surface area is 149 Å². The summed E-state index contributed by atoms with van der Waals surface area (Å²) in [5.41, 5.74) is 1.49. The number of carbonyl (C=O) groups excluding carboxylic acids is 1. The second-order valence-electron chi connectivity index (χ2n) is 6.10. The van der Waals surface area contributed by atoms with E-state index in [-0.39, 0.29) is 0 Å². The zero-order chi connectivity index (χ0) is 18.1. The molecule has 0 spiro atoms. The molecule has 0 aliphatic heterocycles. The van der Waals surface area contributed by atoms with Gasteiger partial charge in [0.05, 0.1) is 11.1 Å². The van der Waals surface area contributed by atoms with Crippen molar-refractivity contribution in [3.63, 3.8) is 0 Å². The van der Waals surface area contributed by atoms with E-state index in [4.69, 9.17) is 9.26 Å². The normalized spacial score (nSPS) is 10.8. The molecule has 0 aliphatic carbocycles. The summed E-state index contributed by atoms with van der Waals surface area (Å²) in [5, 5.41) is 9.43. The summed E-state index contributed by atoms with van der Waals surface area (Å²) >= 11 is 0. The van der Waals surface area contributed by atoms with Crippen LogP contribution in [0.4, 0.5) is 16.3 Å². The van der Waals surface area contributed by atoms with Crippen molar-refractivity contribution in [2.75, 3.05) is 24.3 Å². The van der Waals surface area contributed by atoms with Crippen molar-refractivity contribution in [1.82, 2.24) is 5.16 Å². The van der Waals surface area contributed by atoms with E-state index in [1.807, 2.05) is 67.5 Å². The molecule has 0 radical (unpaired) electrons. The molecular formula is C20H17N3O3. The predicted molar refractivity (Wildman–Crippen MR) is 102 cm³/mol. The van der Waals surface area contributed by atoms with Crippen LogP contribution in [0.2, 0.25) is 0 Å². The minimum atomic E-state index is -0.621. The van der Waals surface area contributed by atoms with Crippen LogP contribution in [-0.4, -0.2) is 25.3 Å². The molecule has 6 nitrogen and oxygen atoms in total. The van der Waals surface area contributed by atoms with E-state index < -0.39 is 6.09 Å². The maximum absolute atomic E-state index is 12.3. The number of hydrogen-bond donors (Lipinski definition) is 1. The molecule has 1 heterocycles. The lowest BCUT2D eigenvalue weighted by atomic mass is 10.1. The summed E-state index contributed by atoms with van der Waals surface area (Å²) in [7, 11) is 3.83. The Bertz CT molecular complexity index is 1100. The molecule has 4 rings (SSSR count). The van der Waals surface area contributed by atoms with Gasteiger partial charge in [-0.1, -0.05) is 41.6 Å². The van der Waals surface area contributed by atoms with Gasteiger partial charge < -0.3 is 14.2 Å². The first-order valence-electron chi connectivity index (χ1n) is 8.15. The standard InChI is InChI=1S/C20H17N3O3/c1-23(2)16-8-5-9-17-18(16)19(22-26-17)21-20(24)25-15-11-10-13-6-3-4-7-14(13)12-15/h3-12H,1-2H3,(H,21,22,24). The number of amides is 1. The van der Waals surface area contributed by atoms with Gasteiger partial charge in [-0.15, -0.1) is 0 Å². The number of rotatable bonds is 3. The van der Waals surface area contributed by atoms with E-state index in [9.17, 15) is 4.79 Å². The Morgan fingerprint density at radius 1 is 1.04 bits per heavy atom. The van der Waals surface area contributed by atoms with E-state index in [1.165, 1.54) is 0 Å². The van der Waals surface area contributed by atoms with Crippen molar-refractivity contribution < 1.29 is 14.1 Å². The number of ether oxygens (including phenoxy) is 1. The summed E-state index contributed by atoms with van der Waals surface area (Å²) in [4.78, 5) is 14.2. The quantitative estimate of drug-likeness (QED) is 0.584. The fraction of sp³-hybridized carbons (Fsp3) is 0.100. The number of fused-ring (bicyclic) bond motifs is 2. The van der Waals surface area contributed by atoms with Crippen LogP contribution in [-0.2, 0) is 0 Å². The maximum Gasteiger partial charge on any atom is 0.418 e. The summed E-state index contributed by atoms with van der Waals surface area (Å²) in [6.07, 6.45) is -0.621. The van der Waals surface area contributed by atoms with Crippen molar-refractivity contribution in [2.24, 2.45) is 0 Å². The molecule has 0 atom stereocenters. The van der Waals surface area contributed by atoms with Crippen molar-refractivity contribution in [3.05, 3.63) is 60.7 Å². The molecular weight excluding hydrogens is 330 g/mol. The number of nitrogens with zero attached hydrogens (tertiary/aromatic N) is 2. The number of aromatic nitrogens is 1. The number of nitrogens with one attached hydrogen (secondary N) is 1. The lowest BCUT2D eigenvalue weighted by Gasteiger charge is -2.13. The van der Waals surface area contributed by atoms with Crippen LogP contribution in [0.5, 0.6) is 5.75 Å². The van der Waals surface area contributed by atoms with Crippen LogP contribution in [0.3, 0.4) is 0 Å². The number of benzene rings is 3. The first kappa shape index (κ1) is 16.0. The first-order chi connectivity index (χ1) is 12.6. The van der Waals surface area contributed by atoms with Crippen LogP contribution in [0, 0.1) is 0 Å². The van der Waals surface area contributed by atoms with Gasteiger partial charge in [0.25, 0.3) is 0 Å². The molecule has 0 saturated heterocycles. The van der Waals surface area contributed by atoms with Crippen molar-refractivity contribution >= 4 is 39.3 Å². The molecule has 0 unspecified atom stereocenters. The Morgan fingerprint density at radius 3 is 2.65 bits per heavy atom. The Balaban J connectivity index is 1.59. The first-order valence-corrected chi connectivity index (χ1v) is 8.15. The molecule has 4 aromatic rings. The van der Waals surface area contributed by atoms with Gasteiger partial charge >= 0.3 is 6.09 Å². The molecule has 130 valence electrons. The van der Waals surface area contributed by atoms with Crippen molar-refractivity contribution in [1.29, 1.82) is 0 Å². The molecule has 26 heavy (non-hydrogen) atoms. The van der Waals surface area contributed by atoms with Crippen LogP contribution in [0.15, 0.2) is 65.2 Å². The molecule has 0 bridgehead atoms. The second-order valence-corrected chi connectivity index (χ2v) is 6.10. The third-order valence-electron chi connectivity index (χ3n) is 4.11. The average Bonchev–Trinajstić information content (AvgIpc) is 3.04. The summed E-state index contributed by atoms with van der Waals surface area (Å²) in [5.74, 6) is 0.789. The highest BCUT2D eigenvalue weighted by Crippen LogP contribution is 2.32. The Morgan fingerprint density at radius 2 is 1.85 bits per heavy atom. The van der Waals surface area contributed by atoms with Crippen molar-refractivity contribution in [3.8, 4) is 5.75 Å². The zero-order valence-corrected chi connectivity index (χ0v) is 14.4. The third kappa shape index (κ3) is 2.93. The highest BCUT2D eigenvalue weighted by molar-refractivity contribution is 6.03. The van der Waals surface area contributed by atoms with E-state index in [1.54, 1.807) is 12.1 Å². The number of hydrogen-bond acceptors (Lipinski definition) is 5. The van der Waals surface area contributed by atoms with Gasteiger partial charge in [-0.25, -0.2) is 4.79 Å². The van der Waals surface area contributed by atoms with Gasteiger partial charge in [0.1, 0.15) is 5.75 Å². The monoisotopic (exact) mass is 347 g/mol. The topological polar surface area (TPSA) is 67.6 Å². The van der Waals surface area contributed by atoms with Crippen molar-refractivity contribution in [2.45, 2.75) is 0 Å². The molecule has 1 aromatic heterocycles. The molecule has 0 aliphatic rings. The number of carbonyl (C=O) groups is 1. The summed E-state index contributed by atoms with van der Waals surface area (Å²) in [6.45, 7) is 0. The highest BCUT2D eigenvalue weighted by atomic mass is 16.6. The molecule has 1 N–H and O–H groups in total. The second kappa shape index (κ2) is 6.40. The molecule has 3 aromatic carbocycles. The van der Waals surface area contributed by atoms with E-state index in [2.05, 4.69) is 10.5 Å².